The lowest BCUT2D eigenvalue weighted by Gasteiger charge is -2.16. The molecule has 0 amide bonds. The standard InChI is InChI=1S/C14H18ClN3/c1-2-5-14(6-7-14)9-18-12-4-3-10(15)8-11(12)17-13(18)16/h3-4,8H,2,5-7,9H2,1H3,(H2,16,17). The minimum atomic E-state index is 0.468. The lowest BCUT2D eigenvalue weighted by atomic mass is 10.0. The van der Waals surface area contributed by atoms with E-state index >= 15 is 0 Å². The molecule has 3 rings (SSSR count). The van der Waals surface area contributed by atoms with Crippen LogP contribution in [0.15, 0.2) is 18.2 Å². The van der Waals surface area contributed by atoms with Crippen LogP contribution in [0.3, 0.4) is 0 Å². The highest BCUT2D eigenvalue weighted by molar-refractivity contribution is 6.31. The molecule has 2 aromatic rings. The maximum atomic E-state index is 6.04. The van der Waals surface area contributed by atoms with Gasteiger partial charge in [-0.05, 0) is 42.9 Å². The molecule has 3 nitrogen and oxygen atoms in total. The van der Waals surface area contributed by atoms with Crippen molar-refractivity contribution >= 4 is 28.6 Å². The average Bonchev–Trinajstić information content (AvgIpc) is 3.00. The Hall–Kier alpha value is -1.22. The van der Waals surface area contributed by atoms with E-state index in [0.29, 0.717) is 16.4 Å². The van der Waals surface area contributed by atoms with Gasteiger partial charge in [-0.3, -0.25) is 0 Å². The maximum Gasteiger partial charge on any atom is 0.201 e. The van der Waals surface area contributed by atoms with Crippen molar-refractivity contribution in [2.24, 2.45) is 5.41 Å². The van der Waals surface area contributed by atoms with E-state index < -0.39 is 0 Å². The van der Waals surface area contributed by atoms with Crippen molar-refractivity contribution in [1.29, 1.82) is 0 Å². The van der Waals surface area contributed by atoms with Gasteiger partial charge in [-0.2, -0.15) is 0 Å². The molecule has 1 aromatic heterocycles. The minimum absolute atomic E-state index is 0.468. The minimum Gasteiger partial charge on any atom is -0.369 e. The lowest BCUT2D eigenvalue weighted by molar-refractivity contribution is 0.396. The van der Waals surface area contributed by atoms with E-state index in [4.69, 9.17) is 17.3 Å². The Balaban J connectivity index is 1.99. The van der Waals surface area contributed by atoms with Gasteiger partial charge in [-0.1, -0.05) is 24.9 Å². The highest BCUT2D eigenvalue weighted by Crippen LogP contribution is 2.51. The van der Waals surface area contributed by atoms with Gasteiger partial charge in [0, 0.05) is 11.6 Å². The first-order chi connectivity index (χ1) is 8.63. The quantitative estimate of drug-likeness (QED) is 0.910. The molecular formula is C14H18ClN3. The Bertz CT molecular complexity index is 584. The molecule has 0 atom stereocenters. The molecule has 2 N–H and O–H groups in total. The number of rotatable bonds is 4. The van der Waals surface area contributed by atoms with Crippen molar-refractivity contribution in [3.05, 3.63) is 23.2 Å². The summed E-state index contributed by atoms with van der Waals surface area (Å²) < 4.78 is 2.15. The number of anilines is 1. The molecule has 0 bridgehead atoms. The number of benzene rings is 1. The van der Waals surface area contributed by atoms with Crippen LogP contribution in [0.4, 0.5) is 5.95 Å². The molecule has 96 valence electrons. The number of aromatic nitrogens is 2. The van der Waals surface area contributed by atoms with Crippen LogP contribution >= 0.6 is 11.6 Å². The van der Waals surface area contributed by atoms with Crippen LogP contribution in [0, 0.1) is 5.41 Å². The molecule has 1 heterocycles. The number of imidazole rings is 1. The zero-order valence-corrected chi connectivity index (χ0v) is 11.4. The third kappa shape index (κ3) is 1.97. The number of nitrogens with zero attached hydrogens (tertiary/aromatic N) is 2. The van der Waals surface area contributed by atoms with Crippen LogP contribution in [0.25, 0.3) is 11.0 Å². The summed E-state index contributed by atoms with van der Waals surface area (Å²) in [4.78, 5) is 4.40. The smallest absolute Gasteiger partial charge is 0.201 e. The molecule has 0 unspecified atom stereocenters. The second-order valence-corrected chi connectivity index (χ2v) is 5.88. The molecule has 0 radical (unpaired) electrons. The SMILES string of the molecule is CCCC1(Cn2c(N)nc3cc(Cl)ccc32)CC1. The number of nitrogen functional groups attached to an aromatic ring is 1. The van der Waals surface area contributed by atoms with Gasteiger partial charge in [0.1, 0.15) is 0 Å². The monoisotopic (exact) mass is 263 g/mol. The molecule has 1 aliphatic carbocycles. The van der Waals surface area contributed by atoms with E-state index in [9.17, 15) is 0 Å². The summed E-state index contributed by atoms with van der Waals surface area (Å²) in [5.74, 6) is 0.606. The van der Waals surface area contributed by atoms with E-state index in [2.05, 4.69) is 16.5 Å². The number of hydrogen-bond donors (Lipinski definition) is 1. The summed E-state index contributed by atoms with van der Waals surface area (Å²) in [6.07, 6.45) is 5.14. The zero-order chi connectivity index (χ0) is 12.8. The molecule has 18 heavy (non-hydrogen) atoms. The van der Waals surface area contributed by atoms with Gasteiger partial charge in [0.05, 0.1) is 11.0 Å². The molecule has 1 aromatic carbocycles. The zero-order valence-electron chi connectivity index (χ0n) is 10.6. The van der Waals surface area contributed by atoms with Crippen molar-refractivity contribution in [1.82, 2.24) is 9.55 Å². The summed E-state index contributed by atoms with van der Waals surface area (Å²) >= 11 is 5.99. The second kappa shape index (κ2) is 4.16. The van der Waals surface area contributed by atoms with Gasteiger partial charge in [0.25, 0.3) is 0 Å². The lowest BCUT2D eigenvalue weighted by Crippen LogP contribution is -2.13. The maximum absolute atomic E-state index is 6.04. The average molecular weight is 264 g/mol. The van der Waals surface area contributed by atoms with Crippen LogP contribution in [0.1, 0.15) is 32.6 Å². The van der Waals surface area contributed by atoms with Crippen molar-refractivity contribution in [3.8, 4) is 0 Å². The third-order valence-corrected chi connectivity index (χ3v) is 4.21. The summed E-state index contributed by atoms with van der Waals surface area (Å²) in [5.41, 5.74) is 8.50. The molecule has 4 heteroatoms. The number of halogens is 1. The van der Waals surface area contributed by atoms with E-state index in [0.717, 1.165) is 17.6 Å². The van der Waals surface area contributed by atoms with E-state index in [1.54, 1.807) is 0 Å². The summed E-state index contributed by atoms with van der Waals surface area (Å²) in [6, 6.07) is 5.80. The Morgan fingerprint density at radius 2 is 2.22 bits per heavy atom. The predicted molar refractivity (Wildman–Crippen MR) is 75.7 cm³/mol. The van der Waals surface area contributed by atoms with E-state index in [-0.39, 0.29) is 0 Å². The highest BCUT2D eigenvalue weighted by atomic mass is 35.5. The molecule has 1 saturated carbocycles. The van der Waals surface area contributed by atoms with Gasteiger partial charge in [0.15, 0.2) is 0 Å². The summed E-state index contributed by atoms with van der Waals surface area (Å²) in [7, 11) is 0. The predicted octanol–water partition coefficient (Wildman–Crippen LogP) is 3.85. The number of fused-ring (bicyclic) bond motifs is 1. The highest BCUT2D eigenvalue weighted by Gasteiger charge is 2.42. The molecule has 0 spiro atoms. The van der Waals surface area contributed by atoms with Crippen LogP contribution < -0.4 is 5.73 Å². The first kappa shape index (κ1) is 11.8. The van der Waals surface area contributed by atoms with Crippen LogP contribution in [0.5, 0.6) is 0 Å². The Morgan fingerprint density at radius 1 is 1.44 bits per heavy atom. The molecule has 1 aliphatic rings. The Kier molecular flexibility index (Phi) is 2.74. The summed E-state index contributed by atoms with van der Waals surface area (Å²) in [5, 5.41) is 0.710. The van der Waals surface area contributed by atoms with Crippen molar-refractivity contribution in [3.63, 3.8) is 0 Å². The van der Waals surface area contributed by atoms with E-state index in [1.807, 2.05) is 18.2 Å². The third-order valence-electron chi connectivity index (χ3n) is 3.97. The van der Waals surface area contributed by atoms with Crippen LogP contribution in [-0.4, -0.2) is 9.55 Å². The van der Waals surface area contributed by atoms with Crippen molar-refractivity contribution in [2.75, 3.05) is 5.73 Å². The molecular weight excluding hydrogens is 246 g/mol. The van der Waals surface area contributed by atoms with Gasteiger partial charge < -0.3 is 10.3 Å². The second-order valence-electron chi connectivity index (χ2n) is 5.44. The molecule has 0 saturated heterocycles. The fourth-order valence-corrected chi connectivity index (χ4v) is 2.98. The fourth-order valence-electron chi connectivity index (χ4n) is 2.82. The van der Waals surface area contributed by atoms with Crippen molar-refractivity contribution < 1.29 is 0 Å². The number of nitrogens with two attached hydrogens (primary N) is 1. The van der Waals surface area contributed by atoms with Crippen LogP contribution in [-0.2, 0) is 6.54 Å². The number of hydrogen-bond acceptors (Lipinski definition) is 2. The van der Waals surface area contributed by atoms with E-state index in [1.165, 1.54) is 25.7 Å². The van der Waals surface area contributed by atoms with Gasteiger partial charge in [0.2, 0.25) is 5.95 Å². The molecule has 1 fully saturated rings. The summed E-state index contributed by atoms with van der Waals surface area (Å²) in [6.45, 7) is 3.24. The topological polar surface area (TPSA) is 43.8 Å². The van der Waals surface area contributed by atoms with Gasteiger partial charge >= 0.3 is 0 Å². The Labute approximate surface area is 112 Å². The molecule has 0 aliphatic heterocycles. The van der Waals surface area contributed by atoms with Crippen LogP contribution in [0.2, 0.25) is 5.02 Å². The first-order valence-corrected chi connectivity index (χ1v) is 6.93. The normalized spacial score (nSPS) is 17.2. The fraction of sp³-hybridized carbons (Fsp3) is 0.500. The van der Waals surface area contributed by atoms with Crippen molar-refractivity contribution in [2.45, 2.75) is 39.2 Å². The van der Waals surface area contributed by atoms with Gasteiger partial charge in [-0.15, -0.1) is 0 Å². The largest absolute Gasteiger partial charge is 0.369 e. The van der Waals surface area contributed by atoms with Gasteiger partial charge in [-0.25, -0.2) is 4.98 Å². The Morgan fingerprint density at radius 3 is 2.89 bits per heavy atom. The first-order valence-electron chi connectivity index (χ1n) is 6.55.